The molecule has 5 nitrogen and oxygen atoms in total. The van der Waals surface area contributed by atoms with E-state index in [0.717, 1.165) is 25.7 Å². The zero-order chi connectivity index (χ0) is 23.6. The molecule has 1 amide bonds. The molecule has 2 saturated carbocycles. The quantitative estimate of drug-likeness (QED) is 0.373. The van der Waals surface area contributed by atoms with Gasteiger partial charge in [-0.3, -0.25) is 4.79 Å². The number of hydrogen-bond acceptors (Lipinski definition) is 4. The molecule has 178 valence electrons. The molecule has 1 unspecified atom stereocenters. The number of allylic oxidation sites excluding steroid dienone is 1. The maximum Gasteiger partial charge on any atom is 0.241 e. The second kappa shape index (κ2) is 7.69. The van der Waals surface area contributed by atoms with Crippen LogP contribution in [0.15, 0.2) is 12.7 Å². The Kier molecular flexibility index (Phi) is 6.20. The minimum absolute atomic E-state index is 0.0145. The van der Waals surface area contributed by atoms with Gasteiger partial charge in [-0.2, -0.15) is 0 Å². The predicted octanol–water partition coefficient (Wildman–Crippen LogP) is 5.35. The lowest BCUT2D eigenvalue weighted by Crippen LogP contribution is -2.51. The van der Waals surface area contributed by atoms with Crippen molar-refractivity contribution in [3.05, 3.63) is 12.7 Å². The standard InChI is InChI=1S/C24H43NO4SSi/c1-10-11-12-19(29-31(8,9)22(3,4)5)17(2)21(26)25-20-15-18-13-14-24(20,23(18,6)7)16-30(25,27)28/h10,17-20H,1,11-16H2,2-9H3/t17-,18?,19-,20+,24+/m1/s1. The molecule has 0 radical (unpaired) electrons. The summed E-state index contributed by atoms with van der Waals surface area (Å²) < 4.78 is 34.6. The second-order valence-corrected chi connectivity index (χ2v) is 18.9. The van der Waals surface area contributed by atoms with Gasteiger partial charge in [0.05, 0.1) is 23.8 Å². The maximum atomic E-state index is 13.8. The molecule has 31 heavy (non-hydrogen) atoms. The average Bonchev–Trinajstić information content (AvgIpc) is 3.10. The number of carbonyl (C=O) groups is 1. The van der Waals surface area contributed by atoms with Crippen molar-refractivity contribution in [3.8, 4) is 0 Å². The van der Waals surface area contributed by atoms with Crippen LogP contribution in [0.4, 0.5) is 0 Å². The molecule has 1 aliphatic heterocycles. The number of nitrogens with zero attached hydrogens (tertiary/aromatic N) is 1. The first-order valence-corrected chi connectivity index (χ1v) is 16.4. The molecule has 1 heterocycles. The van der Waals surface area contributed by atoms with E-state index in [-0.39, 0.29) is 39.7 Å². The van der Waals surface area contributed by atoms with Crippen LogP contribution in [0.25, 0.3) is 0 Å². The number of carbonyl (C=O) groups excluding carboxylic acids is 1. The fourth-order valence-electron chi connectivity index (χ4n) is 6.19. The van der Waals surface area contributed by atoms with Crippen LogP contribution in [0.1, 0.15) is 73.6 Å². The largest absolute Gasteiger partial charge is 0.413 e. The Labute approximate surface area is 191 Å². The Hall–Kier alpha value is -0.663. The van der Waals surface area contributed by atoms with Crippen molar-refractivity contribution in [3.63, 3.8) is 0 Å². The van der Waals surface area contributed by atoms with E-state index < -0.39 is 24.3 Å². The lowest BCUT2D eigenvalue weighted by molar-refractivity contribution is -0.136. The van der Waals surface area contributed by atoms with Crippen LogP contribution in [0.5, 0.6) is 0 Å². The first-order chi connectivity index (χ1) is 14.0. The summed E-state index contributed by atoms with van der Waals surface area (Å²) in [5, 5.41) is 0.0145. The molecule has 0 aromatic heterocycles. The van der Waals surface area contributed by atoms with Crippen molar-refractivity contribution >= 4 is 24.2 Å². The summed E-state index contributed by atoms with van der Waals surface area (Å²) >= 11 is 0. The minimum atomic E-state index is -3.61. The topological polar surface area (TPSA) is 63.7 Å². The lowest BCUT2D eigenvalue weighted by atomic mass is 9.69. The van der Waals surface area contributed by atoms with Crippen LogP contribution in [0.3, 0.4) is 0 Å². The van der Waals surface area contributed by atoms with Gasteiger partial charge in [0, 0.05) is 5.41 Å². The summed E-state index contributed by atoms with van der Waals surface area (Å²) in [7, 11) is -5.73. The summed E-state index contributed by atoms with van der Waals surface area (Å²) in [6.07, 6.45) is 5.77. The zero-order valence-corrected chi connectivity index (χ0v) is 22.6. The van der Waals surface area contributed by atoms with Crippen LogP contribution < -0.4 is 0 Å². The molecule has 0 aromatic rings. The maximum absolute atomic E-state index is 13.8. The first-order valence-electron chi connectivity index (χ1n) is 11.9. The van der Waals surface area contributed by atoms with Gasteiger partial charge in [0.1, 0.15) is 0 Å². The van der Waals surface area contributed by atoms with Crippen molar-refractivity contribution in [2.24, 2.45) is 22.7 Å². The van der Waals surface area contributed by atoms with Gasteiger partial charge >= 0.3 is 0 Å². The van der Waals surface area contributed by atoms with Gasteiger partial charge in [0.25, 0.3) is 0 Å². The minimum Gasteiger partial charge on any atom is -0.413 e. The van der Waals surface area contributed by atoms with Gasteiger partial charge < -0.3 is 4.43 Å². The van der Waals surface area contributed by atoms with E-state index in [1.54, 1.807) is 0 Å². The van der Waals surface area contributed by atoms with Crippen LogP contribution in [-0.4, -0.2) is 44.8 Å². The van der Waals surface area contributed by atoms with Gasteiger partial charge in [-0.15, -0.1) is 6.58 Å². The molecule has 1 spiro atoms. The average molecular weight is 470 g/mol. The van der Waals surface area contributed by atoms with E-state index in [4.69, 9.17) is 4.43 Å². The first kappa shape index (κ1) is 25.0. The Morgan fingerprint density at radius 2 is 1.94 bits per heavy atom. The summed E-state index contributed by atoms with van der Waals surface area (Å²) in [5.74, 6) is -0.148. The zero-order valence-electron chi connectivity index (χ0n) is 20.8. The molecule has 3 rings (SSSR count). The molecule has 1 saturated heterocycles. The third-order valence-electron chi connectivity index (χ3n) is 9.48. The molecule has 2 aliphatic carbocycles. The normalized spacial score (nSPS) is 33.2. The van der Waals surface area contributed by atoms with E-state index in [1.807, 2.05) is 13.0 Å². The second-order valence-electron chi connectivity index (χ2n) is 12.3. The summed E-state index contributed by atoms with van der Waals surface area (Å²) in [4.78, 5) is 13.8. The third kappa shape index (κ3) is 3.76. The van der Waals surface area contributed by atoms with Gasteiger partial charge in [0.15, 0.2) is 8.32 Å². The number of fused-ring (bicyclic) bond motifs is 1. The smallest absolute Gasteiger partial charge is 0.241 e. The van der Waals surface area contributed by atoms with Crippen LogP contribution in [-0.2, 0) is 19.2 Å². The molecular weight excluding hydrogens is 426 g/mol. The van der Waals surface area contributed by atoms with Crippen LogP contribution in [0, 0.1) is 22.7 Å². The molecule has 2 bridgehead atoms. The molecule has 0 N–H and O–H groups in total. The van der Waals surface area contributed by atoms with E-state index in [2.05, 4.69) is 54.3 Å². The van der Waals surface area contributed by atoms with E-state index in [9.17, 15) is 13.2 Å². The van der Waals surface area contributed by atoms with Crippen molar-refractivity contribution in [1.82, 2.24) is 4.31 Å². The fourth-order valence-corrected chi connectivity index (χ4v) is 10.2. The lowest BCUT2D eigenvalue weighted by Gasteiger charge is -2.41. The molecule has 7 heteroatoms. The summed E-state index contributed by atoms with van der Waals surface area (Å²) in [5.41, 5.74) is -0.328. The van der Waals surface area contributed by atoms with Crippen LogP contribution in [0.2, 0.25) is 18.1 Å². The van der Waals surface area contributed by atoms with Crippen molar-refractivity contribution in [2.75, 3.05) is 5.75 Å². The van der Waals surface area contributed by atoms with Gasteiger partial charge in [-0.25, -0.2) is 12.7 Å². The summed E-state index contributed by atoms with van der Waals surface area (Å²) in [6.45, 7) is 21.0. The highest BCUT2D eigenvalue weighted by atomic mass is 32.2. The molecule has 3 fully saturated rings. The Morgan fingerprint density at radius 1 is 1.32 bits per heavy atom. The molecule has 3 aliphatic rings. The Morgan fingerprint density at radius 3 is 2.45 bits per heavy atom. The van der Waals surface area contributed by atoms with E-state index in [1.165, 1.54) is 4.31 Å². The predicted molar refractivity (Wildman–Crippen MR) is 129 cm³/mol. The third-order valence-corrected chi connectivity index (χ3v) is 15.9. The van der Waals surface area contributed by atoms with Crippen molar-refractivity contribution < 1.29 is 17.6 Å². The SMILES string of the molecule is C=CCC[C@@H](O[Si](C)(C)C(C)(C)C)[C@@H](C)C(=O)N1[C@H]2CC3CC[C@@]2(CS1(=O)=O)C3(C)C. The summed E-state index contributed by atoms with van der Waals surface area (Å²) in [6, 6.07) is -0.186. The highest BCUT2D eigenvalue weighted by Crippen LogP contribution is 2.70. The monoisotopic (exact) mass is 469 g/mol. The van der Waals surface area contributed by atoms with Crippen LogP contribution >= 0.6 is 0 Å². The Balaban J connectivity index is 1.90. The number of rotatable bonds is 7. The number of hydrogen-bond donors (Lipinski definition) is 0. The molecule has 5 atom stereocenters. The van der Waals surface area contributed by atoms with E-state index in [0.29, 0.717) is 12.3 Å². The van der Waals surface area contributed by atoms with Crippen molar-refractivity contribution in [2.45, 2.75) is 104 Å². The van der Waals surface area contributed by atoms with Crippen molar-refractivity contribution in [1.29, 1.82) is 0 Å². The Bertz CT molecular complexity index is 844. The number of sulfonamides is 1. The molecule has 0 aromatic carbocycles. The highest BCUT2D eigenvalue weighted by molar-refractivity contribution is 7.90. The fraction of sp³-hybridized carbons (Fsp3) is 0.875. The number of amides is 1. The molecular formula is C24H43NO4SSi. The van der Waals surface area contributed by atoms with Gasteiger partial charge in [-0.05, 0) is 61.6 Å². The van der Waals surface area contributed by atoms with Gasteiger partial charge in [0.2, 0.25) is 15.9 Å². The van der Waals surface area contributed by atoms with Gasteiger partial charge in [-0.1, -0.05) is 47.6 Å². The highest BCUT2D eigenvalue weighted by Gasteiger charge is 2.72. The van der Waals surface area contributed by atoms with E-state index >= 15 is 0 Å².